The van der Waals surface area contributed by atoms with Gasteiger partial charge in [-0.2, -0.15) is 0 Å². The lowest BCUT2D eigenvalue weighted by Crippen LogP contribution is -2.46. The van der Waals surface area contributed by atoms with E-state index in [0.717, 1.165) is 36.2 Å². The van der Waals surface area contributed by atoms with E-state index in [-0.39, 0.29) is 16.9 Å². The Morgan fingerprint density at radius 3 is 2.39 bits per heavy atom. The summed E-state index contributed by atoms with van der Waals surface area (Å²) >= 11 is 0. The normalized spacial score (nSPS) is 30.5. The Hall–Kier alpha value is -2.11. The summed E-state index contributed by atoms with van der Waals surface area (Å²) in [7, 11) is 2.84. The first kappa shape index (κ1) is 22.7. The minimum absolute atomic E-state index is 0.000296. The fourth-order valence-electron chi connectivity index (χ4n) is 7.31. The summed E-state index contributed by atoms with van der Waals surface area (Å²) in [4.78, 5) is 26.8. The molecule has 0 aromatic heterocycles. The molecule has 5 nitrogen and oxygen atoms in total. The first-order valence-corrected chi connectivity index (χ1v) is 12.5. The van der Waals surface area contributed by atoms with Crippen LogP contribution in [0.4, 0.5) is 4.39 Å². The van der Waals surface area contributed by atoms with Crippen molar-refractivity contribution in [1.29, 1.82) is 0 Å². The molecule has 1 aromatic rings. The van der Waals surface area contributed by atoms with Gasteiger partial charge in [0.25, 0.3) is 5.91 Å². The van der Waals surface area contributed by atoms with Gasteiger partial charge < -0.3 is 14.4 Å². The zero-order valence-electron chi connectivity index (χ0n) is 20.2. The van der Waals surface area contributed by atoms with Crippen molar-refractivity contribution in [3.8, 4) is 5.75 Å². The van der Waals surface area contributed by atoms with Crippen molar-refractivity contribution in [3.05, 3.63) is 29.1 Å². The van der Waals surface area contributed by atoms with E-state index in [1.54, 1.807) is 6.07 Å². The molecular formula is C27H36FNO4. The van der Waals surface area contributed by atoms with Gasteiger partial charge in [-0.3, -0.25) is 4.79 Å². The smallest absolute Gasteiger partial charge is 0.328 e. The quantitative estimate of drug-likeness (QED) is 0.505. The molecule has 0 saturated heterocycles. The number of carbonyl (C=O) groups excluding carboxylic acids is 2. The Bertz CT molecular complexity index is 942. The van der Waals surface area contributed by atoms with Crippen LogP contribution in [0.25, 0.3) is 0 Å². The number of nitrogens with zero attached hydrogens (tertiary/aromatic N) is 1. The second-order valence-corrected chi connectivity index (χ2v) is 11.5. The predicted octanol–water partition coefficient (Wildman–Crippen LogP) is 5.18. The van der Waals surface area contributed by atoms with E-state index in [2.05, 4.69) is 0 Å². The van der Waals surface area contributed by atoms with Crippen molar-refractivity contribution >= 4 is 11.9 Å². The van der Waals surface area contributed by atoms with Gasteiger partial charge in [0.2, 0.25) is 0 Å². The summed E-state index contributed by atoms with van der Waals surface area (Å²) < 4.78 is 26.5. The van der Waals surface area contributed by atoms with Crippen molar-refractivity contribution in [3.63, 3.8) is 0 Å². The van der Waals surface area contributed by atoms with Crippen molar-refractivity contribution in [2.45, 2.75) is 70.8 Å². The van der Waals surface area contributed by atoms with Crippen molar-refractivity contribution in [2.24, 2.45) is 29.1 Å². The first-order chi connectivity index (χ1) is 15.7. The van der Waals surface area contributed by atoms with Gasteiger partial charge >= 0.3 is 5.97 Å². The summed E-state index contributed by atoms with van der Waals surface area (Å²) in [6.07, 6.45) is 8.61. The fraction of sp³-hybridized carbons (Fsp3) is 0.704. The van der Waals surface area contributed by atoms with E-state index < -0.39 is 23.7 Å². The third-order valence-corrected chi connectivity index (χ3v) is 8.83. The largest absolute Gasteiger partial charge is 0.493 e. The van der Waals surface area contributed by atoms with Gasteiger partial charge in [-0.15, -0.1) is 0 Å². The summed E-state index contributed by atoms with van der Waals surface area (Å²) in [6, 6.07) is 2.31. The number of likely N-dealkylation sites (N-methyl/N-ethyl adjacent to an activating group) is 1. The minimum atomic E-state index is -0.769. The Morgan fingerprint density at radius 1 is 1.15 bits per heavy atom. The molecule has 5 aliphatic rings. The number of amides is 1. The van der Waals surface area contributed by atoms with Gasteiger partial charge in [0.1, 0.15) is 17.6 Å². The second kappa shape index (κ2) is 8.28. The number of halogens is 1. The highest BCUT2D eigenvalue weighted by Gasteiger charge is 2.58. The zero-order chi connectivity index (χ0) is 23.5. The third kappa shape index (κ3) is 3.93. The molecule has 0 heterocycles. The number of carbonyl (C=O) groups is 2. The number of benzene rings is 1. The fourth-order valence-corrected chi connectivity index (χ4v) is 7.31. The third-order valence-electron chi connectivity index (χ3n) is 8.83. The molecule has 2 unspecified atom stereocenters. The molecule has 4 bridgehead atoms. The van der Waals surface area contributed by atoms with E-state index in [1.165, 1.54) is 57.2 Å². The lowest BCUT2D eigenvalue weighted by molar-refractivity contribution is -0.147. The average Bonchev–Trinajstić information content (AvgIpc) is 3.54. The summed E-state index contributed by atoms with van der Waals surface area (Å²) in [5, 5.41) is 0. The Morgan fingerprint density at radius 2 is 1.82 bits per heavy atom. The second-order valence-electron chi connectivity index (χ2n) is 11.5. The van der Waals surface area contributed by atoms with E-state index in [0.29, 0.717) is 18.3 Å². The van der Waals surface area contributed by atoms with E-state index >= 15 is 4.39 Å². The highest BCUT2D eigenvalue weighted by molar-refractivity contribution is 5.97. The average molecular weight is 458 g/mol. The molecule has 0 N–H and O–H groups in total. The van der Waals surface area contributed by atoms with Crippen molar-refractivity contribution < 1.29 is 23.5 Å². The van der Waals surface area contributed by atoms with E-state index in [1.807, 2.05) is 13.8 Å². The summed E-state index contributed by atoms with van der Waals surface area (Å²) in [5.74, 6) is 1.63. The number of ether oxygens (including phenoxy) is 2. The Balaban J connectivity index is 1.38. The highest BCUT2D eigenvalue weighted by atomic mass is 19.1. The van der Waals surface area contributed by atoms with Crippen LogP contribution in [0, 0.1) is 34.9 Å². The van der Waals surface area contributed by atoms with Crippen LogP contribution in [0.3, 0.4) is 0 Å². The van der Waals surface area contributed by atoms with Crippen LogP contribution in [0.2, 0.25) is 0 Å². The molecule has 0 radical (unpaired) electrons. The van der Waals surface area contributed by atoms with Crippen LogP contribution in [0.1, 0.15) is 80.6 Å². The number of hydrogen-bond donors (Lipinski definition) is 0. The van der Waals surface area contributed by atoms with Crippen molar-refractivity contribution in [1.82, 2.24) is 4.90 Å². The first-order valence-electron chi connectivity index (χ1n) is 12.5. The van der Waals surface area contributed by atoms with Crippen LogP contribution in [-0.4, -0.2) is 43.6 Å². The van der Waals surface area contributed by atoms with Gasteiger partial charge in [0.05, 0.1) is 19.3 Å². The molecule has 6 heteroatoms. The van der Waals surface area contributed by atoms with Gasteiger partial charge in [-0.1, -0.05) is 13.8 Å². The molecule has 1 amide bonds. The van der Waals surface area contributed by atoms with Crippen molar-refractivity contribution in [2.75, 3.05) is 20.8 Å². The molecule has 3 atom stereocenters. The van der Waals surface area contributed by atoms with Gasteiger partial charge in [0.15, 0.2) is 0 Å². The lowest BCUT2D eigenvalue weighted by atomic mass is 9.76. The molecule has 6 rings (SSSR count). The molecule has 0 spiro atoms. The molecular weight excluding hydrogens is 421 g/mol. The monoisotopic (exact) mass is 457 g/mol. The number of methoxy groups -OCH3 is 1. The molecule has 33 heavy (non-hydrogen) atoms. The number of rotatable bonds is 8. The Kier molecular flexibility index (Phi) is 5.69. The maximum absolute atomic E-state index is 15.3. The molecule has 180 valence electrons. The molecule has 1 aromatic carbocycles. The zero-order valence-corrected chi connectivity index (χ0v) is 20.2. The van der Waals surface area contributed by atoms with Gasteiger partial charge in [0, 0.05) is 18.5 Å². The number of hydrogen-bond acceptors (Lipinski definition) is 4. The lowest BCUT2D eigenvalue weighted by Gasteiger charge is -2.33. The maximum Gasteiger partial charge on any atom is 0.328 e. The highest BCUT2D eigenvalue weighted by Crippen LogP contribution is 2.65. The van der Waals surface area contributed by atoms with Crippen LogP contribution in [0.15, 0.2) is 12.1 Å². The summed E-state index contributed by atoms with van der Waals surface area (Å²) in [5.41, 5.74) is 1.20. The predicted molar refractivity (Wildman–Crippen MR) is 123 cm³/mol. The topological polar surface area (TPSA) is 55.8 Å². The van der Waals surface area contributed by atoms with Crippen LogP contribution in [0.5, 0.6) is 5.75 Å². The Labute approximate surface area is 196 Å². The number of esters is 1. The standard InChI is InChI=1S/C27H36FNO4/c1-15(2)24(26(31)32-4)29(3)25(30)21-10-20(18-5-6-18)23(11-22(21)28)33-14-27-12-16-7-17(13-27)9-19(27)8-16/h10-11,15-19,24H,5-9,12-14H2,1-4H3/t16?,17?,19?,24-,27?/m0/s1. The van der Waals surface area contributed by atoms with E-state index in [9.17, 15) is 9.59 Å². The van der Waals surface area contributed by atoms with Crippen LogP contribution in [-0.2, 0) is 9.53 Å². The molecule has 5 saturated carbocycles. The van der Waals surface area contributed by atoms with Crippen LogP contribution < -0.4 is 4.74 Å². The SMILES string of the molecule is COC(=O)[C@H](C(C)C)N(C)C(=O)c1cc(C2CC2)c(OCC23CC4CC(CC2C4)C3)cc1F. The van der Waals surface area contributed by atoms with E-state index in [4.69, 9.17) is 9.47 Å². The van der Waals surface area contributed by atoms with Gasteiger partial charge in [-0.05, 0) is 86.2 Å². The minimum Gasteiger partial charge on any atom is -0.493 e. The molecule has 5 fully saturated rings. The maximum atomic E-state index is 15.3. The summed E-state index contributed by atoms with van der Waals surface area (Å²) in [6.45, 7) is 4.35. The van der Waals surface area contributed by atoms with Crippen LogP contribution >= 0.6 is 0 Å². The van der Waals surface area contributed by atoms with Gasteiger partial charge in [-0.25, -0.2) is 9.18 Å². The molecule has 5 aliphatic carbocycles. The molecule has 0 aliphatic heterocycles.